The fourth-order valence-electron chi connectivity index (χ4n) is 9.28. The van der Waals surface area contributed by atoms with Gasteiger partial charge in [-0.15, -0.1) is 0 Å². The number of hydrogen-bond acceptors (Lipinski definition) is 11. The molecule has 2 fully saturated rings. The first-order valence-corrected chi connectivity index (χ1v) is 21.6. The number of piperidine rings is 2. The Morgan fingerprint density at radius 3 is 2.53 bits per heavy atom. The van der Waals surface area contributed by atoms with Crippen LogP contribution in [0.2, 0.25) is 0 Å². The number of nitrogens with zero attached hydrogens (tertiary/aromatic N) is 5. The van der Waals surface area contributed by atoms with Crippen LogP contribution in [0.1, 0.15) is 84.3 Å². The summed E-state index contributed by atoms with van der Waals surface area (Å²) in [6.07, 6.45) is 8.68. The molecule has 0 spiro atoms. The zero-order valence-electron chi connectivity index (χ0n) is 35.6. The van der Waals surface area contributed by atoms with E-state index in [2.05, 4.69) is 37.4 Å². The molecule has 0 bridgehead atoms. The summed E-state index contributed by atoms with van der Waals surface area (Å²) >= 11 is 0. The van der Waals surface area contributed by atoms with E-state index >= 15 is 0 Å². The molecule has 2 aromatic heterocycles. The molecule has 0 aliphatic carbocycles. The number of aliphatic imine (C=N–C) groups is 1. The summed E-state index contributed by atoms with van der Waals surface area (Å²) in [6, 6.07) is 17.2. The van der Waals surface area contributed by atoms with E-state index in [1.54, 1.807) is 12.4 Å². The first-order valence-electron chi connectivity index (χ1n) is 21.6. The molecule has 5 N–H and O–H groups in total. The Bertz CT molecular complexity index is 2470. The largest absolute Gasteiger partial charge is 0.493 e. The number of nitrogens with two attached hydrogens (primary N) is 1. The lowest BCUT2D eigenvalue weighted by Gasteiger charge is -2.32. The summed E-state index contributed by atoms with van der Waals surface area (Å²) in [5, 5.41) is 15.7. The van der Waals surface area contributed by atoms with Crippen molar-refractivity contribution in [2.45, 2.75) is 72.3 Å². The quantitative estimate of drug-likeness (QED) is 0.116. The van der Waals surface area contributed by atoms with E-state index in [1.807, 2.05) is 73.3 Å². The third-order valence-electron chi connectivity index (χ3n) is 12.6. The predicted octanol–water partition coefficient (Wildman–Crippen LogP) is 6.35. The van der Waals surface area contributed by atoms with Crippen LogP contribution in [-0.2, 0) is 33.8 Å². The number of likely N-dealkylation sites (tertiary alicyclic amines) is 1. The van der Waals surface area contributed by atoms with Crippen LogP contribution in [0.4, 0.5) is 17.3 Å². The number of nitrogens with one attached hydrogen (secondary N) is 2. The molecule has 14 nitrogen and oxygen atoms in total. The third-order valence-corrected chi connectivity index (χ3v) is 12.6. The lowest BCUT2D eigenvalue weighted by Crippen LogP contribution is -2.44. The highest BCUT2D eigenvalue weighted by atomic mass is 16.5. The van der Waals surface area contributed by atoms with Gasteiger partial charge in [0.25, 0.3) is 0 Å². The predicted molar refractivity (Wildman–Crippen MR) is 238 cm³/mol. The Morgan fingerprint density at radius 1 is 0.968 bits per heavy atom. The maximum absolute atomic E-state index is 13.2. The summed E-state index contributed by atoms with van der Waals surface area (Å²) in [5.41, 5.74) is 14.8. The number of pyridine rings is 2. The van der Waals surface area contributed by atoms with Crippen molar-refractivity contribution in [3.05, 3.63) is 106 Å². The zero-order chi connectivity index (χ0) is 43.5. The molecule has 2 saturated heterocycles. The minimum atomic E-state index is -1.09. The zero-order valence-corrected chi connectivity index (χ0v) is 35.6. The first kappa shape index (κ1) is 42.3. The highest BCUT2D eigenvalue weighted by Gasteiger charge is 2.33. The number of nitrogen functional groups attached to an aromatic ring is 1. The Labute approximate surface area is 361 Å². The molecule has 3 amide bonds. The smallest absolute Gasteiger partial charge is 0.355 e. The van der Waals surface area contributed by atoms with Gasteiger partial charge in [0.1, 0.15) is 17.4 Å². The number of fused-ring (bicyclic) bond motifs is 2. The topological polar surface area (TPSA) is 192 Å². The number of benzene rings is 2. The van der Waals surface area contributed by atoms with Crippen molar-refractivity contribution in [3.63, 3.8) is 0 Å². The number of ether oxygens (including phenoxy) is 1. The highest BCUT2D eigenvalue weighted by Crippen LogP contribution is 2.34. The number of carbonyl (C=O) groups excluding carboxylic acids is 3. The summed E-state index contributed by atoms with van der Waals surface area (Å²) in [7, 11) is 0. The van der Waals surface area contributed by atoms with Crippen LogP contribution in [-0.4, -0.2) is 82.2 Å². The molecule has 0 radical (unpaired) electrons. The SMILES string of the molecule is CC1=CN=C(C2CCC(=O)NC2=O)c2ccc(NC(=O)CN3CCC(CC(C)COc4ccc(-c5ccc(N6CCc7ccnc(N)c7C6)nc5C(=O)O)c(C)c4)CC3)cc2C1. The second-order valence-corrected chi connectivity index (χ2v) is 17.3. The lowest BCUT2D eigenvalue weighted by molar-refractivity contribution is -0.134. The van der Waals surface area contributed by atoms with E-state index in [0.29, 0.717) is 79.5 Å². The molecular weight excluding hydrogens is 785 g/mol. The van der Waals surface area contributed by atoms with Crippen LogP contribution >= 0.6 is 0 Å². The van der Waals surface area contributed by atoms with Crippen molar-refractivity contribution >= 4 is 46.7 Å². The minimum Gasteiger partial charge on any atom is -0.493 e. The minimum absolute atomic E-state index is 0.00137. The lowest BCUT2D eigenvalue weighted by atomic mass is 9.86. The molecule has 4 aliphatic rings. The number of carbonyl (C=O) groups is 4. The van der Waals surface area contributed by atoms with Crippen LogP contribution in [0.5, 0.6) is 5.75 Å². The molecule has 0 saturated carbocycles. The van der Waals surface area contributed by atoms with Gasteiger partial charge in [-0.05, 0) is 142 Å². The van der Waals surface area contributed by atoms with Crippen molar-refractivity contribution in [2.75, 3.05) is 48.7 Å². The number of amides is 3. The van der Waals surface area contributed by atoms with Crippen LogP contribution < -0.4 is 26.0 Å². The van der Waals surface area contributed by atoms with Gasteiger partial charge in [0, 0.05) is 54.3 Å². The van der Waals surface area contributed by atoms with Gasteiger partial charge >= 0.3 is 5.97 Å². The number of carboxylic acids is 1. The maximum Gasteiger partial charge on any atom is 0.355 e. The molecule has 322 valence electrons. The summed E-state index contributed by atoms with van der Waals surface area (Å²) in [6.45, 7) is 9.95. The molecule has 8 rings (SSSR count). The molecule has 6 heterocycles. The number of aryl methyl sites for hydroxylation is 1. The van der Waals surface area contributed by atoms with Gasteiger partial charge in [0.05, 0.1) is 24.8 Å². The van der Waals surface area contributed by atoms with Crippen LogP contribution in [0, 0.1) is 24.7 Å². The molecular formula is C48H54N8O6. The monoisotopic (exact) mass is 838 g/mol. The molecule has 4 aromatic rings. The van der Waals surface area contributed by atoms with E-state index in [9.17, 15) is 24.3 Å². The fraction of sp³-hybridized carbons (Fsp3) is 0.396. The van der Waals surface area contributed by atoms with E-state index in [-0.39, 0.29) is 29.8 Å². The Morgan fingerprint density at radius 2 is 1.76 bits per heavy atom. The van der Waals surface area contributed by atoms with Crippen molar-refractivity contribution in [2.24, 2.45) is 22.7 Å². The van der Waals surface area contributed by atoms with Gasteiger partial charge in [-0.2, -0.15) is 0 Å². The number of allylic oxidation sites excluding steroid dienone is 1. The second kappa shape index (κ2) is 18.3. The fourth-order valence-corrected chi connectivity index (χ4v) is 9.28. The van der Waals surface area contributed by atoms with Crippen molar-refractivity contribution in [3.8, 4) is 16.9 Å². The van der Waals surface area contributed by atoms with Gasteiger partial charge in [0.15, 0.2) is 5.69 Å². The average molecular weight is 839 g/mol. The number of imide groups is 1. The summed E-state index contributed by atoms with van der Waals surface area (Å²) in [4.78, 5) is 67.9. The molecule has 62 heavy (non-hydrogen) atoms. The van der Waals surface area contributed by atoms with Crippen LogP contribution in [0.15, 0.2) is 77.6 Å². The van der Waals surface area contributed by atoms with E-state index in [0.717, 1.165) is 83.5 Å². The van der Waals surface area contributed by atoms with Crippen molar-refractivity contribution in [1.29, 1.82) is 0 Å². The van der Waals surface area contributed by atoms with Gasteiger partial charge < -0.3 is 25.8 Å². The number of aromatic nitrogens is 2. The second-order valence-electron chi connectivity index (χ2n) is 17.3. The highest BCUT2D eigenvalue weighted by molar-refractivity contribution is 6.18. The first-order chi connectivity index (χ1) is 29.9. The standard InChI is InChI=1S/C48H54N8O6/c1-28-21-33-23-34(4-6-37(33)44(51-24-28)39-9-11-42(57)54-47(39)59)52-43(58)26-55-17-13-31(14-18-55)20-29(2)27-62-35-5-7-36(30(3)22-35)38-8-10-41(53-45(38)48(60)61)56-19-15-32-12-16-50-46(49)40(32)25-56/h4-8,10,12,16,22-24,29,31,39H,9,11,13-15,17-21,25-27H2,1-3H3,(H2,49,50)(H,52,58)(H,60,61)(H,54,57,59). The molecule has 4 aliphatic heterocycles. The van der Waals surface area contributed by atoms with E-state index in [1.165, 1.54) is 0 Å². The summed E-state index contributed by atoms with van der Waals surface area (Å²) < 4.78 is 6.26. The van der Waals surface area contributed by atoms with Crippen LogP contribution in [0.3, 0.4) is 0 Å². The molecule has 2 atom stereocenters. The van der Waals surface area contributed by atoms with Gasteiger partial charge in [-0.1, -0.05) is 24.6 Å². The molecule has 2 aromatic carbocycles. The summed E-state index contributed by atoms with van der Waals surface area (Å²) in [5.74, 6) is 0.466. The third kappa shape index (κ3) is 9.55. The molecule has 14 heteroatoms. The Hall–Kier alpha value is -6.41. The van der Waals surface area contributed by atoms with Crippen molar-refractivity contribution in [1.82, 2.24) is 20.2 Å². The van der Waals surface area contributed by atoms with E-state index < -0.39 is 11.9 Å². The maximum atomic E-state index is 13.2. The average Bonchev–Trinajstić information content (AvgIpc) is 3.41. The number of carboxylic acid groups (broad SMARTS) is 1. The van der Waals surface area contributed by atoms with E-state index in [4.69, 9.17) is 10.5 Å². The Balaban J connectivity index is 0.802. The number of aromatic carboxylic acids is 1. The normalized spacial score (nSPS) is 18.7. The van der Waals surface area contributed by atoms with Crippen molar-refractivity contribution < 1.29 is 29.0 Å². The van der Waals surface area contributed by atoms with Gasteiger partial charge in [-0.3, -0.25) is 29.6 Å². The van der Waals surface area contributed by atoms with Gasteiger partial charge in [0.2, 0.25) is 17.7 Å². The van der Waals surface area contributed by atoms with Gasteiger partial charge in [-0.25, -0.2) is 14.8 Å². The Kier molecular flexibility index (Phi) is 12.5. The number of hydrogen-bond donors (Lipinski definition) is 4. The molecule has 2 unspecified atom stereocenters. The van der Waals surface area contributed by atoms with Crippen LogP contribution in [0.25, 0.3) is 11.1 Å². The number of rotatable bonds is 12. The number of anilines is 3.